The molecule has 0 aliphatic rings. The molecule has 2 heterocycles. The van der Waals surface area contributed by atoms with E-state index in [4.69, 9.17) is 5.73 Å². The molecule has 0 atom stereocenters. The van der Waals surface area contributed by atoms with Crippen molar-refractivity contribution in [1.82, 2.24) is 20.2 Å². The molecular weight excluding hydrogens is 260 g/mol. The number of anilines is 2. The van der Waals surface area contributed by atoms with Crippen LogP contribution in [0.4, 0.5) is 11.9 Å². The molecule has 1 aromatic carbocycles. The van der Waals surface area contributed by atoms with E-state index in [1.165, 1.54) is 0 Å². The Balaban J connectivity index is 1.68. The first-order chi connectivity index (χ1) is 9.31. The van der Waals surface area contributed by atoms with Crippen molar-refractivity contribution in [1.29, 1.82) is 0 Å². The Bertz CT molecular complexity index is 660. The predicted octanol–water partition coefficient (Wildman–Crippen LogP) is 2.12. The van der Waals surface area contributed by atoms with Crippen molar-refractivity contribution in [3.8, 4) is 10.6 Å². The maximum atomic E-state index is 5.44. The Labute approximate surface area is 113 Å². The molecular formula is C12H12N6S. The summed E-state index contributed by atoms with van der Waals surface area (Å²) in [6.07, 6.45) is 0. The van der Waals surface area contributed by atoms with Crippen LogP contribution in [0.25, 0.3) is 10.6 Å². The summed E-state index contributed by atoms with van der Waals surface area (Å²) in [4.78, 5) is 8.53. The van der Waals surface area contributed by atoms with E-state index < -0.39 is 0 Å². The number of hydrogen-bond acceptors (Lipinski definition) is 6. The number of nitrogens with two attached hydrogens (primary N) is 1. The van der Waals surface area contributed by atoms with Gasteiger partial charge < -0.3 is 11.1 Å². The monoisotopic (exact) mass is 272 g/mol. The smallest absolute Gasteiger partial charge is 0.243 e. The number of rotatable bonds is 4. The van der Waals surface area contributed by atoms with Gasteiger partial charge in [0.2, 0.25) is 11.9 Å². The van der Waals surface area contributed by atoms with Crippen LogP contribution in [-0.2, 0) is 6.54 Å². The van der Waals surface area contributed by atoms with Crippen LogP contribution in [0.3, 0.4) is 0 Å². The largest absolute Gasteiger partial charge is 0.368 e. The zero-order valence-electron chi connectivity index (χ0n) is 10.00. The molecule has 19 heavy (non-hydrogen) atoms. The third kappa shape index (κ3) is 2.71. The highest BCUT2D eigenvalue weighted by Gasteiger charge is 2.05. The lowest BCUT2D eigenvalue weighted by Gasteiger charge is -1.97. The van der Waals surface area contributed by atoms with Gasteiger partial charge in [0.15, 0.2) is 0 Å². The number of nitrogens with one attached hydrogen (secondary N) is 2. The van der Waals surface area contributed by atoms with Crippen LogP contribution >= 0.6 is 11.3 Å². The molecule has 0 radical (unpaired) electrons. The molecule has 6 nitrogen and oxygen atoms in total. The third-order valence-corrected chi connectivity index (χ3v) is 3.44. The second kappa shape index (κ2) is 5.07. The Hall–Kier alpha value is -2.41. The van der Waals surface area contributed by atoms with E-state index in [9.17, 15) is 0 Å². The van der Waals surface area contributed by atoms with Crippen molar-refractivity contribution in [2.45, 2.75) is 6.54 Å². The molecule has 4 N–H and O–H groups in total. The maximum absolute atomic E-state index is 5.44. The number of aromatic nitrogens is 4. The van der Waals surface area contributed by atoms with E-state index in [1.54, 1.807) is 11.3 Å². The minimum atomic E-state index is 0.297. The summed E-state index contributed by atoms with van der Waals surface area (Å²) in [5.74, 6) is 0.775. The first-order valence-corrected chi connectivity index (χ1v) is 6.61. The number of aromatic amines is 1. The summed E-state index contributed by atoms with van der Waals surface area (Å²) in [6.45, 7) is 0.570. The van der Waals surface area contributed by atoms with Gasteiger partial charge in [0, 0.05) is 10.9 Å². The number of benzene rings is 1. The number of hydrogen-bond donors (Lipinski definition) is 3. The molecule has 3 rings (SSSR count). The number of nitrogens with zero attached hydrogens (tertiary/aromatic N) is 3. The van der Waals surface area contributed by atoms with Crippen molar-refractivity contribution in [3.63, 3.8) is 0 Å². The Kier molecular flexibility index (Phi) is 3.11. The summed E-state index contributed by atoms with van der Waals surface area (Å²) in [7, 11) is 0. The van der Waals surface area contributed by atoms with E-state index in [2.05, 4.69) is 25.5 Å². The Morgan fingerprint density at radius 2 is 2.05 bits per heavy atom. The fourth-order valence-electron chi connectivity index (χ4n) is 1.62. The molecule has 2 aromatic heterocycles. The van der Waals surface area contributed by atoms with Crippen LogP contribution in [0.15, 0.2) is 35.7 Å². The number of nitrogen functional groups attached to an aromatic ring is 1. The van der Waals surface area contributed by atoms with Gasteiger partial charge in [0.1, 0.15) is 5.01 Å². The molecule has 3 aromatic rings. The summed E-state index contributed by atoms with van der Waals surface area (Å²) < 4.78 is 0. The Morgan fingerprint density at radius 3 is 2.79 bits per heavy atom. The molecule has 0 saturated carbocycles. The molecule has 0 amide bonds. The lowest BCUT2D eigenvalue weighted by molar-refractivity contribution is 1.02. The SMILES string of the molecule is Nc1nc(NCc2csc(-c3ccccc3)n2)n[nH]1. The highest BCUT2D eigenvalue weighted by Crippen LogP contribution is 2.23. The fraction of sp³-hybridized carbons (Fsp3) is 0.0833. The number of thiazole rings is 1. The lowest BCUT2D eigenvalue weighted by Crippen LogP contribution is -2.01. The van der Waals surface area contributed by atoms with Crippen LogP contribution < -0.4 is 11.1 Å². The first-order valence-electron chi connectivity index (χ1n) is 5.73. The standard InChI is InChI=1S/C12H12N6S/c13-11-16-12(18-17-11)14-6-9-7-19-10(15-9)8-4-2-1-3-5-8/h1-5,7H,6H2,(H4,13,14,16,17,18). The van der Waals surface area contributed by atoms with Gasteiger partial charge in [-0.25, -0.2) is 10.1 Å². The zero-order valence-corrected chi connectivity index (χ0v) is 10.8. The third-order valence-electron chi connectivity index (χ3n) is 2.50. The van der Waals surface area contributed by atoms with Gasteiger partial charge in [0.25, 0.3) is 0 Å². The minimum Gasteiger partial charge on any atom is -0.368 e. The topological polar surface area (TPSA) is 92.5 Å². The number of H-pyrrole nitrogens is 1. The van der Waals surface area contributed by atoms with Gasteiger partial charge in [-0.2, -0.15) is 4.98 Å². The summed E-state index contributed by atoms with van der Waals surface area (Å²) in [5, 5.41) is 12.6. The van der Waals surface area contributed by atoms with Gasteiger partial charge in [-0.05, 0) is 0 Å². The molecule has 0 saturated heterocycles. The normalized spacial score (nSPS) is 10.5. The predicted molar refractivity (Wildman–Crippen MR) is 75.7 cm³/mol. The molecule has 0 spiro atoms. The molecule has 0 aliphatic carbocycles. The van der Waals surface area contributed by atoms with E-state index in [0.717, 1.165) is 16.3 Å². The summed E-state index contributed by atoms with van der Waals surface area (Å²) in [5.41, 5.74) is 7.52. The quantitative estimate of drug-likeness (QED) is 0.676. The second-order valence-corrected chi connectivity index (χ2v) is 4.77. The second-order valence-electron chi connectivity index (χ2n) is 3.91. The van der Waals surface area contributed by atoms with Crippen LogP contribution in [0.5, 0.6) is 0 Å². The van der Waals surface area contributed by atoms with Gasteiger partial charge in [0.05, 0.1) is 12.2 Å². The molecule has 0 fully saturated rings. The highest BCUT2D eigenvalue weighted by molar-refractivity contribution is 7.13. The van der Waals surface area contributed by atoms with Crippen molar-refractivity contribution in [3.05, 3.63) is 41.4 Å². The highest BCUT2D eigenvalue weighted by atomic mass is 32.1. The molecule has 7 heteroatoms. The van der Waals surface area contributed by atoms with Crippen molar-refractivity contribution in [2.75, 3.05) is 11.1 Å². The van der Waals surface area contributed by atoms with Crippen LogP contribution in [-0.4, -0.2) is 20.2 Å². The summed E-state index contributed by atoms with van der Waals surface area (Å²) >= 11 is 1.62. The maximum Gasteiger partial charge on any atom is 0.243 e. The van der Waals surface area contributed by atoms with Crippen molar-refractivity contribution < 1.29 is 0 Å². The van der Waals surface area contributed by atoms with E-state index in [0.29, 0.717) is 18.4 Å². The van der Waals surface area contributed by atoms with Gasteiger partial charge in [-0.15, -0.1) is 16.4 Å². The van der Waals surface area contributed by atoms with Gasteiger partial charge in [-0.3, -0.25) is 0 Å². The van der Waals surface area contributed by atoms with Gasteiger partial charge >= 0.3 is 0 Å². The van der Waals surface area contributed by atoms with E-state index in [-0.39, 0.29) is 0 Å². The van der Waals surface area contributed by atoms with Gasteiger partial charge in [-0.1, -0.05) is 30.3 Å². The van der Waals surface area contributed by atoms with E-state index in [1.807, 2.05) is 35.7 Å². The molecule has 0 bridgehead atoms. The van der Waals surface area contributed by atoms with Crippen molar-refractivity contribution >= 4 is 23.2 Å². The van der Waals surface area contributed by atoms with Crippen LogP contribution in [0.2, 0.25) is 0 Å². The van der Waals surface area contributed by atoms with Crippen LogP contribution in [0, 0.1) is 0 Å². The fourth-order valence-corrected chi connectivity index (χ4v) is 2.45. The average Bonchev–Trinajstić information content (AvgIpc) is 3.06. The Morgan fingerprint density at radius 1 is 1.21 bits per heavy atom. The molecule has 0 unspecified atom stereocenters. The average molecular weight is 272 g/mol. The zero-order chi connectivity index (χ0) is 13.1. The molecule has 0 aliphatic heterocycles. The molecule has 96 valence electrons. The minimum absolute atomic E-state index is 0.297. The lowest BCUT2D eigenvalue weighted by atomic mass is 10.2. The van der Waals surface area contributed by atoms with Crippen molar-refractivity contribution in [2.24, 2.45) is 0 Å². The van der Waals surface area contributed by atoms with E-state index >= 15 is 0 Å². The van der Waals surface area contributed by atoms with Crippen LogP contribution in [0.1, 0.15) is 5.69 Å². The summed E-state index contributed by atoms with van der Waals surface area (Å²) in [6, 6.07) is 10.1. The first kappa shape index (κ1) is 11.7.